The number of benzene rings is 2. The minimum Gasteiger partial charge on any atom is -0.508 e. The largest absolute Gasteiger partial charge is 0.508 e. The summed E-state index contributed by atoms with van der Waals surface area (Å²) in [5.74, 6) is 0.653. The molecule has 1 amide bonds. The van der Waals surface area contributed by atoms with Crippen LogP contribution in [-0.2, 0) is 4.79 Å². The Hall–Kier alpha value is -2.05. The van der Waals surface area contributed by atoms with Gasteiger partial charge in [0.2, 0.25) is 5.91 Å². The van der Waals surface area contributed by atoms with E-state index in [0.717, 1.165) is 34.3 Å². The molecule has 146 valence electrons. The number of amides is 1. The molecule has 0 saturated heterocycles. The SMILES string of the molecule is COc1ccc(C(CC(=O)NCCCN(C)C)c2cc(Br)ccc2O)cc1. The van der Waals surface area contributed by atoms with E-state index in [1.54, 1.807) is 19.2 Å². The number of hydrogen-bond acceptors (Lipinski definition) is 4. The Bertz CT molecular complexity index is 748. The van der Waals surface area contributed by atoms with Crippen molar-refractivity contribution in [3.8, 4) is 11.5 Å². The average molecular weight is 435 g/mol. The van der Waals surface area contributed by atoms with Crippen LogP contribution in [0.5, 0.6) is 11.5 Å². The van der Waals surface area contributed by atoms with Crippen LogP contribution in [0.4, 0.5) is 0 Å². The van der Waals surface area contributed by atoms with Gasteiger partial charge in [0.15, 0.2) is 0 Å². The van der Waals surface area contributed by atoms with Gasteiger partial charge < -0.3 is 20.1 Å². The molecule has 0 bridgehead atoms. The summed E-state index contributed by atoms with van der Waals surface area (Å²) in [5, 5.41) is 13.4. The Kier molecular flexibility index (Phi) is 8.13. The first-order chi connectivity index (χ1) is 12.9. The molecule has 0 heterocycles. The van der Waals surface area contributed by atoms with Crippen molar-refractivity contribution < 1.29 is 14.6 Å². The third-order valence-corrected chi connectivity index (χ3v) is 4.87. The Morgan fingerprint density at radius 1 is 1.22 bits per heavy atom. The number of nitrogens with one attached hydrogen (secondary N) is 1. The summed E-state index contributed by atoms with van der Waals surface area (Å²) in [6.45, 7) is 1.56. The molecule has 6 heteroatoms. The van der Waals surface area contributed by atoms with Gasteiger partial charge in [0.25, 0.3) is 0 Å². The summed E-state index contributed by atoms with van der Waals surface area (Å²) in [6, 6.07) is 12.9. The lowest BCUT2D eigenvalue weighted by atomic mass is 9.87. The van der Waals surface area contributed by atoms with Gasteiger partial charge in [-0.1, -0.05) is 28.1 Å². The molecule has 2 aromatic carbocycles. The molecule has 2 aromatic rings. The van der Waals surface area contributed by atoms with Crippen LogP contribution in [-0.4, -0.2) is 50.2 Å². The summed E-state index contributed by atoms with van der Waals surface area (Å²) in [4.78, 5) is 14.6. The Balaban J connectivity index is 2.19. The topological polar surface area (TPSA) is 61.8 Å². The monoisotopic (exact) mass is 434 g/mol. The summed E-state index contributed by atoms with van der Waals surface area (Å²) >= 11 is 3.45. The predicted octanol–water partition coefficient (Wildman–Crippen LogP) is 3.75. The van der Waals surface area contributed by atoms with E-state index in [1.165, 1.54) is 0 Å². The van der Waals surface area contributed by atoms with Gasteiger partial charge in [-0.2, -0.15) is 0 Å². The van der Waals surface area contributed by atoms with E-state index in [-0.39, 0.29) is 24.0 Å². The molecule has 0 saturated carbocycles. The second kappa shape index (κ2) is 10.3. The van der Waals surface area contributed by atoms with E-state index in [4.69, 9.17) is 4.74 Å². The van der Waals surface area contributed by atoms with Crippen molar-refractivity contribution in [2.45, 2.75) is 18.8 Å². The number of carbonyl (C=O) groups excluding carboxylic acids is 1. The van der Waals surface area contributed by atoms with Crippen LogP contribution < -0.4 is 10.1 Å². The summed E-state index contributed by atoms with van der Waals surface area (Å²) in [6.07, 6.45) is 1.16. The third-order valence-electron chi connectivity index (χ3n) is 4.38. The van der Waals surface area contributed by atoms with Gasteiger partial charge in [-0.15, -0.1) is 0 Å². The number of phenolic OH excluding ortho intramolecular Hbond substituents is 1. The zero-order chi connectivity index (χ0) is 19.8. The smallest absolute Gasteiger partial charge is 0.220 e. The lowest BCUT2D eigenvalue weighted by molar-refractivity contribution is -0.121. The minimum absolute atomic E-state index is 0.0334. The lowest BCUT2D eigenvalue weighted by Gasteiger charge is -2.20. The predicted molar refractivity (Wildman–Crippen MR) is 111 cm³/mol. The van der Waals surface area contributed by atoms with Crippen molar-refractivity contribution in [1.82, 2.24) is 10.2 Å². The fraction of sp³-hybridized carbons (Fsp3) is 0.381. The van der Waals surface area contributed by atoms with E-state index in [1.807, 2.05) is 44.4 Å². The molecular weight excluding hydrogens is 408 g/mol. The molecule has 0 radical (unpaired) electrons. The van der Waals surface area contributed by atoms with E-state index >= 15 is 0 Å². The molecule has 2 N–H and O–H groups in total. The number of aromatic hydroxyl groups is 1. The fourth-order valence-electron chi connectivity index (χ4n) is 2.93. The molecule has 0 aliphatic heterocycles. The van der Waals surface area contributed by atoms with Crippen molar-refractivity contribution in [3.63, 3.8) is 0 Å². The number of hydrogen-bond donors (Lipinski definition) is 2. The molecule has 2 rings (SSSR count). The first-order valence-corrected chi connectivity index (χ1v) is 9.73. The van der Waals surface area contributed by atoms with Crippen LogP contribution in [0.15, 0.2) is 46.9 Å². The zero-order valence-electron chi connectivity index (χ0n) is 16.0. The normalized spacial score (nSPS) is 12.0. The van der Waals surface area contributed by atoms with Crippen LogP contribution in [0, 0.1) is 0 Å². The quantitative estimate of drug-likeness (QED) is 0.589. The Labute approximate surface area is 169 Å². The van der Waals surface area contributed by atoms with Crippen LogP contribution >= 0.6 is 15.9 Å². The van der Waals surface area contributed by atoms with Gasteiger partial charge in [0.05, 0.1) is 7.11 Å². The van der Waals surface area contributed by atoms with Crippen molar-refractivity contribution in [2.75, 3.05) is 34.3 Å². The zero-order valence-corrected chi connectivity index (χ0v) is 17.6. The molecule has 0 fully saturated rings. The second-order valence-electron chi connectivity index (χ2n) is 6.74. The third kappa shape index (κ3) is 6.56. The van der Waals surface area contributed by atoms with Crippen molar-refractivity contribution in [2.24, 2.45) is 0 Å². The summed E-state index contributed by atoms with van der Waals surface area (Å²) in [7, 11) is 5.64. The number of phenols is 1. The van der Waals surface area contributed by atoms with Crippen molar-refractivity contribution >= 4 is 21.8 Å². The molecular formula is C21H27BrN2O3. The minimum atomic E-state index is -0.248. The maximum atomic E-state index is 12.5. The number of ether oxygens (including phenoxy) is 1. The van der Waals surface area contributed by atoms with Gasteiger partial charge >= 0.3 is 0 Å². The van der Waals surface area contributed by atoms with E-state index in [9.17, 15) is 9.90 Å². The van der Waals surface area contributed by atoms with Crippen molar-refractivity contribution in [1.29, 1.82) is 0 Å². The Morgan fingerprint density at radius 3 is 2.56 bits per heavy atom. The maximum Gasteiger partial charge on any atom is 0.220 e. The highest BCUT2D eigenvalue weighted by Gasteiger charge is 2.21. The average Bonchev–Trinajstić information content (AvgIpc) is 2.65. The molecule has 0 spiro atoms. The second-order valence-corrected chi connectivity index (χ2v) is 7.66. The van der Waals surface area contributed by atoms with Gasteiger partial charge in [-0.25, -0.2) is 0 Å². The van der Waals surface area contributed by atoms with E-state index in [2.05, 4.69) is 26.1 Å². The van der Waals surface area contributed by atoms with Crippen LogP contribution in [0.3, 0.4) is 0 Å². The van der Waals surface area contributed by atoms with E-state index in [0.29, 0.717) is 6.54 Å². The maximum absolute atomic E-state index is 12.5. The van der Waals surface area contributed by atoms with Crippen LogP contribution in [0.2, 0.25) is 0 Å². The standard InChI is InChI=1S/C21H27BrN2O3/c1-24(2)12-4-11-23-21(26)14-18(15-5-8-17(27-3)9-6-15)19-13-16(22)7-10-20(19)25/h5-10,13,18,25H,4,11-12,14H2,1-3H3,(H,23,26). The van der Waals surface area contributed by atoms with Gasteiger partial charge in [-0.05, 0) is 63.0 Å². The molecule has 0 aliphatic carbocycles. The molecule has 1 unspecified atom stereocenters. The highest BCUT2D eigenvalue weighted by atomic mass is 79.9. The Morgan fingerprint density at radius 2 is 1.93 bits per heavy atom. The number of rotatable bonds is 9. The molecule has 27 heavy (non-hydrogen) atoms. The molecule has 0 aliphatic rings. The molecule has 0 aromatic heterocycles. The number of nitrogens with zero attached hydrogens (tertiary/aromatic N) is 1. The number of methoxy groups -OCH3 is 1. The lowest BCUT2D eigenvalue weighted by Crippen LogP contribution is -2.28. The van der Waals surface area contributed by atoms with Crippen LogP contribution in [0.25, 0.3) is 0 Å². The van der Waals surface area contributed by atoms with Crippen LogP contribution in [0.1, 0.15) is 29.9 Å². The molecule has 1 atom stereocenters. The van der Waals surface area contributed by atoms with Crippen molar-refractivity contribution in [3.05, 3.63) is 58.1 Å². The van der Waals surface area contributed by atoms with Gasteiger partial charge in [0.1, 0.15) is 11.5 Å². The van der Waals surface area contributed by atoms with Gasteiger partial charge in [0, 0.05) is 28.9 Å². The summed E-state index contributed by atoms with van der Waals surface area (Å²) in [5.41, 5.74) is 1.67. The highest BCUT2D eigenvalue weighted by Crippen LogP contribution is 2.36. The number of carbonyl (C=O) groups is 1. The molecule has 5 nitrogen and oxygen atoms in total. The van der Waals surface area contributed by atoms with E-state index < -0.39 is 0 Å². The highest BCUT2D eigenvalue weighted by molar-refractivity contribution is 9.10. The van der Waals surface area contributed by atoms with Gasteiger partial charge in [-0.3, -0.25) is 4.79 Å². The first kappa shape index (κ1) is 21.3. The summed E-state index contributed by atoms with van der Waals surface area (Å²) < 4.78 is 6.08. The number of halogens is 1. The fourth-order valence-corrected chi connectivity index (χ4v) is 3.31. The first-order valence-electron chi connectivity index (χ1n) is 8.94.